The summed E-state index contributed by atoms with van der Waals surface area (Å²) in [5, 5.41) is 10.0. The number of hydrogen-bond donors (Lipinski definition) is 2. The van der Waals surface area contributed by atoms with E-state index in [-0.39, 0.29) is 5.91 Å². The second-order valence-electron chi connectivity index (χ2n) is 3.69. The van der Waals surface area contributed by atoms with Gasteiger partial charge in [-0.15, -0.1) is 5.10 Å². The number of amides is 1. The van der Waals surface area contributed by atoms with Crippen molar-refractivity contribution in [1.29, 1.82) is 0 Å². The molecule has 18 heavy (non-hydrogen) atoms. The van der Waals surface area contributed by atoms with Crippen LogP contribution in [-0.2, 0) is 4.79 Å². The Morgan fingerprint density at radius 2 is 2.39 bits per heavy atom. The van der Waals surface area contributed by atoms with Gasteiger partial charge in [-0.05, 0) is 35.0 Å². The lowest BCUT2D eigenvalue weighted by Gasteiger charge is -2.01. The Hall–Kier alpha value is -1.63. The molecule has 0 aliphatic carbocycles. The highest BCUT2D eigenvalue weighted by atomic mass is 79.9. The summed E-state index contributed by atoms with van der Waals surface area (Å²) in [6.45, 7) is 3.06. The van der Waals surface area contributed by atoms with E-state index >= 15 is 0 Å². The van der Waals surface area contributed by atoms with E-state index in [0.717, 1.165) is 10.1 Å². The molecule has 0 saturated heterocycles. The Balaban J connectivity index is 1.96. The molecule has 2 aromatic heterocycles. The first-order valence-corrected chi connectivity index (χ1v) is 6.51. The third kappa shape index (κ3) is 2.98. The molecule has 0 bridgehead atoms. The Bertz CT molecular complexity index is 553. The van der Waals surface area contributed by atoms with Crippen LogP contribution in [-0.4, -0.2) is 33.6 Å². The smallest absolute Gasteiger partial charge is 0.243 e. The molecule has 6 nitrogen and oxygen atoms in total. The van der Waals surface area contributed by atoms with Gasteiger partial charge in [0.1, 0.15) is 0 Å². The number of anilines is 1. The van der Waals surface area contributed by atoms with Gasteiger partial charge in [-0.25, -0.2) is 4.52 Å². The monoisotopic (exact) mass is 311 g/mol. The van der Waals surface area contributed by atoms with E-state index < -0.39 is 0 Å². The lowest BCUT2D eigenvalue weighted by atomic mass is 10.4. The molecule has 2 rings (SSSR count). The number of pyridine rings is 1. The largest absolute Gasteiger partial charge is 0.356 e. The fourth-order valence-electron chi connectivity index (χ4n) is 1.52. The van der Waals surface area contributed by atoms with Gasteiger partial charge >= 0.3 is 0 Å². The van der Waals surface area contributed by atoms with Crippen molar-refractivity contribution in [2.75, 3.05) is 18.4 Å². The molecule has 0 radical (unpaired) electrons. The van der Waals surface area contributed by atoms with Crippen LogP contribution in [0.4, 0.5) is 5.95 Å². The highest BCUT2D eigenvalue weighted by Gasteiger charge is 2.06. The first-order valence-electron chi connectivity index (χ1n) is 5.72. The molecular weight excluding hydrogens is 298 g/mol. The number of hydrogen-bond acceptors (Lipinski definition) is 4. The molecule has 0 unspecified atom stereocenters. The van der Waals surface area contributed by atoms with Gasteiger partial charge < -0.3 is 10.6 Å². The van der Waals surface area contributed by atoms with Crippen molar-refractivity contribution in [3.05, 3.63) is 22.8 Å². The van der Waals surface area contributed by atoms with Crippen molar-refractivity contribution < 1.29 is 4.79 Å². The number of rotatable bonds is 5. The minimum atomic E-state index is 0.0231. The van der Waals surface area contributed by atoms with Crippen LogP contribution in [0.1, 0.15) is 13.3 Å². The third-order valence-corrected chi connectivity index (χ3v) is 2.94. The van der Waals surface area contributed by atoms with E-state index in [2.05, 4.69) is 36.6 Å². The van der Waals surface area contributed by atoms with Crippen LogP contribution in [0.2, 0.25) is 0 Å². The van der Waals surface area contributed by atoms with Gasteiger partial charge in [0.05, 0.1) is 4.47 Å². The number of nitrogens with zero attached hydrogens (tertiary/aromatic N) is 3. The SMILES string of the molecule is CCNC(=O)CCNc1nc2c(Br)cccn2n1. The fourth-order valence-corrected chi connectivity index (χ4v) is 1.94. The lowest BCUT2D eigenvalue weighted by Crippen LogP contribution is -2.24. The average molecular weight is 312 g/mol. The van der Waals surface area contributed by atoms with Crippen LogP contribution < -0.4 is 10.6 Å². The van der Waals surface area contributed by atoms with E-state index in [1.54, 1.807) is 4.52 Å². The summed E-state index contributed by atoms with van der Waals surface area (Å²) in [6, 6.07) is 3.78. The van der Waals surface area contributed by atoms with Crippen LogP contribution in [0, 0.1) is 0 Å². The molecule has 0 spiro atoms. The third-order valence-electron chi connectivity index (χ3n) is 2.32. The van der Waals surface area contributed by atoms with Gasteiger partial charge in [-0.2, -0.15) is 4.98 Å². The van der Waals surface area contributed by atoms with Gasteiger partial charge in [0.2, 0.25) is 11.9 Å². The number of halogens is 1. The van der Waals surface area contributed by atoms with Crippen molar-refractivity contribution in [2.24, 2.45) is 0 Å². The molecule has 0 aromatic carbocycles. The quantitative estimate of drug-likeness (QED) is 0.876. The molecule has 96 valence electrons. The first-order chi connectivity index (χ1) is 8.70. The summed E-state index contributed by atoms with van der Waals surface area (Å²) in [5.74, 6) is 0.543. The van der Waals surface area contributed by atoms with Gasteiger partial charge in [-0.1, -0.05) is 0 Å². The molecule has 1 amide bonds. The summed E-state index contributed by atoms with van der Waals surface area (Å²) < 4.78 is 2.56. The maximum atomic E-state index is 11.3. The Kier molecular flexibility index (Phi) is 4.14. The van der Waals surface area contributed by atoms with E-state index in [4.69, 9.17) is 0 Å². The van der Waals surface area contributed by atoms with Crippen molar-refractivity contribution in [3.8, 4) is 0 Å². The van der Waals surface area contributed by atoms with Gasteiger partial charge in [0, 0.05) is 25.7 Å². The molecular formula is C11H14BrN5O. The number of carbonyl (C=O) groups is 1. The molecule has 0 saturated carbocycles. The summed E-state index contributed by atoms with van der Waals surface area (Å²) in [6.07, 6.45) is 2.23. The normalized spacial score (nSPS) is 10.6. The number of aromatic nitrogens is 3. The van der Waals surface area contributed by atoms with E-state index in [1.807, 2.05) is 25.3 Å². The summed E-state index contributed by atoms with van der Waals surface area (Å²) >= 11 is 3.41. The van der Waals surface area contributed by atoms with Crippen LogP contribution in [0.15, 0.2) is 22.8 Å². The zero-order chi connectivity index (χ0) is 13.0. The highest BCUT2D eigenvalue weighted by Crippen LogP contribution is 2.16. The standard InChI is InChI=1S/C11H14BrN5O/c1-2-13-9(18)5-6-14-11-15-10-8(12)4-3-7-17(10)16-11/h3-4,7H,2,5-6H2,1H3,(H,13,18)(H,14,16). The number of nitrogens with one attached hydrogen (secondary N) is 2. The van der Waals surface area contributed by atoms with Crippen LogP contribution in [0.25, 0.3) is 5.65 Å². The fraction of sp³-hybridized carbons (Fsp3) is 0.364. The summed E-state index contributed by atoms with van der Waals surface area (Å²) in [7, 11) is 0. The van der Waals surface area contributed by atoms with E-state index in [9.17, 15) is 4.79 Å². The maximum absolute atomic E-state index is 11.3. The second-order valence-corrected chi connectivity index (χ2v) is 4.54. The Labute approximate surface area is 113 Å². The van der Waals surface area contributed by atoms with E-state index in [0.29, 0.717) is 25.5 Å². The van der Waals surface area contributed by atoms with Crippen molar-refractivity contribution in [1.82, 2.24) is 19.9 Å². The predicted octanol–water partition coefficient (Wildman–Crippen LogP) is 1.43. The minimum absolute atomic E-state index is 0.0231. The van der Waals surface area contributed by atoms with Gasteiger partial charge in [0.15, 0.2) is 5.65 Å². The van der Waals surface area contributed by atoms with Gasteiger partial charge in [-0.3, -0.25) is 4.79 Å². The van der Waals surface area contributed by atoms with Crippen molar-refractivity contribution >= 4 is 33.4 Å². The Morgan fingerprint density at radius 1 is 1.56 bits per heavy atom. The topological polar surface area (TPSA) is 71.3 Å². The molecule has 0 atom stereocenters. The van der Waals surface area contributed by atoms with Gasteiger partial charge in [0.25, 0.3) is 0 Å². The number of carbonyl (C=O) groups excluding carboxylic acids is 1. The van der Waals surface area contributed by atoms with E-state index in [1.165, 1.54) is 0 Å². The molecule has 2 heterocycles. The maximum Gasteiger partial charge on any atom is 0.243 e. The zero-order valence-electron chi connectivity index (χ0n) is 9.98. The van der Waals surface area contributed by atoms with Crippen molar-refractivity contribution in [2.45, 2.75) is 13.3 Å². The minimum Gasteiger partial charge on any atom is -0.356 e. The summed E-state index contributed by atoms with van der Waals surface area (Å²) in [5.41, 5.74) is 0.748. The van der Waals surface area contributed by atoms with Crippen molar-refractivity contribution in [3.63, 3.8) is 0 Å². The van der Waals surface area contributed by atoms with Crippen LogP contribution in [0.5, 0.6) is 0 Å². The first kappa shape index (κ1) is 12.8. The zero-order valence-corrected chi connectivity index (χ0v) is 11.6. The van der Waals surface area contributed by atoms with Crippen LogP contribution >= 0.6 is 15.9 Å². The summed E-state index contributed by atoms with van der Waals surface area (Å²) in [4.78, 5) is 15.6. The molecule has 0 aliphatic rings. The molecule has 2 aromatic rings. The predicted molar refractivity (Wildman–Crippen MR) is 72.5 cm³/mol. The molecule has 7 heteroatoms. The Morgan fingerprint density at radius 3 is 3.11 bits per heavy atom. The lowest BCUT2D eigenvalue weighted by molar-refractivity contribution is -0.120. The molecule has 0 aliphatic heterocycles. The average Bonchev–Trinajstić information content (AvgIpc) is 2.74. The molecule has 2 N–H and O–H groups in total. The second kappa shape index (κ2) is 5.81. The molecule has 0 fully saturated rings. The number of fused-ring (bicyclic) bond motifs is 1. The van der Waals surface area contributed by atoms with Crippen LogP contribution in [0.3, 0.4) is 0 Å². The highest BCUT2D eigenvalue weighted by molar-refractivity contribution is 9.10.